The number of hydrogen-bond donors (Lipinski definition) is 3. The molecule has 5 heteroatoms. The van der Waals surface area contributed by atoms with Gasteiger partial charge in [-0.3, -0.25) is 5.32 Å². The van der Waals surface area contributed by atoms with Gasteiger partial charge in [0, 0.05) is 6.07 Å². The zero-order chi connectivity index (χ0) is 9.84. The van der Waals surface area contributed by atoms with Crippen molar-refractivity contribution in [3.05, 3.63) is 18.2 Å². The van der Waals surface area contributed by atoms with Gasteiger partial charge >= 0.3 is 6.09 Å². The van der Waals surface area contributed by atoms with E-state index in [0.717, 1.165) is 0 Å². The molecule has 0 saturated heterocycles. The van der Waals surface area contributed by atoms with Gasteiger partial charge in [0.25, 0.3) is 0 Å². The van der Waals surface area contributed by atoms with Crippen LogP contribution in [0.5, 0.6) is 5.75 Å². The molecule has 0 atom stereocenters. The van der Waals surface area contributed by atoms with Crippen LogP contribution in [0.25, 0.3) is 0 Å². The minimum absolute atomic E-state index is 0.335. The first-order valence-electron chi connectivity index (χ1n) is 3.57. The van der Waals surface area contributed by atoms with Crippen LogP contribution in [0, 0.1) is 0 Å². The number of methoxy groups -OCH3 is 1. The van der Waals surface area contributed by atoms with E-state index in [-0.39, 0.29) is 0 Å². The second-order valence-corrected chi connectivity index (χ2v) is 2.38. The first kappa shape index (κ1) is 9.18. The first-order valence-corrected chi connectivity index (χ1v) is 3.57. The number of benzene rings is 1. The maximum Gasteiger partial charge on any atom is 0.409 e. The number of nitrogen functional groups attached to an aromatic ring is 1. The van der Waals surface area contributed by atoms with E-state index in [1.807, 2.05) is 0 Å². The molecule has 0 aliphatic rings. The number of hydrogen-bond acceptors (Lipinski definition) is 3. The van der Waals surface area contributed by atoms with Crippen molar-refractivity contribution >= 4 is 17.5 Å². The van der Waals surface area contributed by atoms with Gasteiger partial charge in [-0.25, -0.2) is 4.79 Å². The topological polar surface area (TPSA) is 84.6 Å². The molecule has 0 heterocycles. The molecule has 1 rings (SSSR count). The number of carbonyl (C=O) groups is 1. The smallest absolute Gasteiger partial charge is 0.409 e. The van der Waals surface area contributed by atoms with Gasteiger partial charge in [0.15, 0.2) is 0 Å². The monoisotopic (exact) mass is 182 g/mol. The zero-order valence-electron chi connectivity index (χ0n) is 7.07. The predicted molar refractivity (Wildman–Crippen MR) is 49.1 cm³/mol. The second-order valence-electron chi connectivity index (χ2n) is 2.38. The lowest BCUT2D eigenvalue weighted by atomic mass is 10.2. The number of nitrogens with two attached hydrogens (primary N) is 1. The van der Waals surface area contributed by atoms with E-state index in [2.05, 4.69) is 5.32 Å². The predicted octanol–water partition coefficient (Wildman–Crippen LogP) is 1.37. The van der Waals surface area contributed by atoms with Crippen LogP contribution in [0.2, 0.25) is 0 Å². The molecule has 0 fully saturated rings. The van der Waals surface area contributed by atoms with Gasteiger partial charge in [0.2, 0.25) is 0 Å². The highest BCUT2D eigenvalue weighted by atomic mass is 16.5. The Bertz CT molecular complexity index is 325. The van der Waals surface area contributed by atoms with Crippen LogP contribution >= 0.6 is 0 Å². The quantitative estimate of drug-likeness (QED) is 0.603. The van der Waals surface area contributed by atoms with E-state index < -0.39 is 6.09 Å². The third-order valence-corrected chi connectivity index (χ3v) is 1.50. The largest absolute Gasteiger partial charge is 0.497 e. The Hall–Kier alpha value is -1.91. The lowest BCUT2D eigenvalue weighted by Gasteiger charge is -2.06. The van der Waals surface area contributed by atoms with E-state index in [0.29, 0.717) is 17.1 Å². The van der Waals surface area contributed by atoms with Crippen molar-refractivity contribution in [2.24, 2.45) is 0 Å². The molecule has 0 unspecified atom stereocenters. The van der Waals surface area contributed by atoms with Crippen LogP contribution in [0.1, 0.15) is 0 Å². The SMILES string of the molecule is COc1ccc(NC(=O)O)c(N)c1. The summed E-state index contributed by atoms with van der Waals surface area (Å²) in [6.07, 6.45) is -1.14. The van der Waals surface area contributed by atoms with Gasteiger partial charge in [-0.15, -0.1) is 0 Å². The standard InChI is InChI=1S/C8H10N2O3/c1-13-5-2-3-7(6(9)4-5)10-8(11)12/h2-4,10H,9H2,1H3,(H,11,12). The molecule has 0 radical (unpaired) electrons. The van der Waals surface area contributed by atoms with Gasteiger partial charge in [0.05, 0.1) is 18.5 Å². The summed E-state index contributed by atoms with van der Waals surface area (Å²) >= 11 is 0. The minimum atomic E-state index is -1.14. The molecule has 0 saturated carbocycles. The molecule has 13 heavy (non-hydrogen) atoms. The molecule has 0 aliphatic carbocycles. The van der Waals surface area contributed by atoms with Gasteiger partial charge in [-0.1, -0.05) is 0 Å². The Morgan fingerprint density at radius 1 is 1.62 bits per heavy atom. The minimum Gasteiger partial charge on any atom is -0.497 e. The Kier molecular flexibility index (Phi) is 2.59. The molecule has 0 bridgehead atoms. The normalized spacial score (nSPS) is 9.31. The summed E-state index contributed by atoms with van der Waals surface area (Å²) in [6.45, 7) is 0. The van der Waals surface area contributed by atoms with Crippen LogP contribution in [-0.2, 0) is 0 Å². The molecular weight excluding hydrogens is 172 g/mol. The number of carboxylic acid groups (broad SMARTS) is 1. The molecule has 70 valence electrons. The molecule has 0 spiro atoms. The van der Waals surface area contributed by atoms with E-state index in [4.69, 9.17) is 15.6 Å². The van der Waals surface area contributed by atoms with Crippen LogP contribution < -0.4 is 15.8 Å². The van der Waals surface area contributed by atoms with Crippen molar-refractivity contribution in [2.75, 3.05) is 18.2 Å². The van der Waals surface area contributed by atoms with Crippen molar-refractivity contribution in [1.29, 1.82) is 0 Å². The molecule has 1 aromatic carbocycles. The number of ether oxygens (including phenoxy) is 1. The van der Waals surface area contributed by atoms with Crippen molar-refractivity contribution in [3.8, 4) is 5.75 Å². The highest BCUT2D eigenvalue weighted by molar-refractivity contribution is 5.87. The summed E-state index contributed by atoms with van der Waals surface area (Å²) in [5, 5.41) is 10.6. The van der Waals surface area contributed by atoms with E-state index in [9.17, 15) is 4.79 Å². The van der Waals surface area contributed by atoms with Gasteiger partial charge < -0.3 is 15.6 Å². The van der Waals surface area contributed by atoms with Gasteiger partial charge in [0.1, 0.15) is 5.75 Å². The summed E-state index contributed by atoms with van der Waals surface area (Å²) in [6, 6.07) is 4.72. The summed E-state index contributed by atoms with van der Waals surface area (Å²) in [5.74, 6) is 0.591. The molecule has 0 aromatic heterocycles. The van der Waals surface area contributed by atoms with Crippen molar-refractivity contribution in [2.45, 2.75) is 0 Å². The number of rotatable bonds is 2. The third-order valence-electron chi connectivity index (χ3n) is 1.50. The average molecular weight is 182 g/mol. The summed E-state index contributed by atoms with van der Waals surface area (Å²) in [7, 11) is 1.51. The fraction of sp³-hybridized carbons (Fsp3) is 0.125. The Morgan fingerprint density at radius 2 is 2.31 bits per heavy atom. The highest BCUT2D eigenvalue weighted by Crippen LogP contribution is 2.23. The lowest BCUT2D eigenvalue weighted by molar-refractivity contribution is 0.210. The maximum atomic E-state index is 10.3. The lowest BCUT2D eigenvalue weighted by Crippen LogP contribution is -2.09. The molecule has 1 aromatic rings. The fourth-order valence-corrected chi connectivity index (χ4v) is 0.897. The molecule has 0 aliphatic heterocycles. The van der Waals surface area contributed by atoms with E-state index in [1.165, 1.54) is 7.11 Å². The van der Waals surface area contributed by atoms with Crippen LogP contribution in [-0.4, -0.2) is 18.3 Å². The van der Waals surface area contributed by atoms with E-state index in [1.54, 1.807) is 18.2 Å². The summed E-state index contributed by atoms with van der Waals surface area (Å²) in [5.41, 5.74) is 6.23. The Morgan fingerprint density at radius 3 is 2.77 bits per heavy atom. The first-order chi connectivity index (χ1) is 6.13. The van der Waals surface area contributed by atoms with Crippen LogP contribution in [0.15, 0.2) is 18.2 Å². The van der Waals surface area contributed by atoms with E-state index >= 15 is 0 Å². The molecule has 4 N–H and O–H groups in total. The van der Waals surface area contributed by atoms with Gasteiger partial charge in [-0.05, 0) is 12.1 Å². The molecular formula is C8H10N2O3. The second kappa shape index (κ2) is 3.66. The third kappa shape index (κ3) is 2.26. The maximum absolute atomic E-state index is 10.3. The van der Waals surface area contributed by atoms with Crippen molar-refractivity contribution < 1.29 is 14.6 Å². The van der Waals surface area contributed by atoms with Crippen molar-refractivity contribution in [3.63, 3.8) is 0 Å². The summed E-state index contributed by atoms with van der Waals surface area (Å²) < 4.78 is 4.90. The number of anilines is 2. The Balaban J connectivity index is 2.91. The van der Waals surface area contributed by atoms with Crippen molar-refractivity contribution in [1.82, 2.24) is 0 Å². The number of amides is 1. The molecule has 1 amide bonds. The average Bonchev–Trinajstić information content (AvgIpc) is 2.08. The Labute approximate surface area is 75.1 Å². The summed E-state index contributed by atoms with van der Waals surface area (Å²) in [4.78, 5) is 10.3. The van der Waals surface area contributed by atoms with Crippen LogP contribution in [0.3, 0.4) is 0 Å². The molecule has 5 nitrogen and oxygen atoms in total. The highest BCUT2D eigenvalue weighted by Gasteiger charge is 2.03. The zero-order valence-corrected chi connectivity index (χ0v) is 7.07. The van der Waals surface area contributed by atoms with Crippen LogP contribution in [0.4, 0.5) is 16.2 Å². The fourth-order valence-electron chi connectivity index (χ4n) is 0.897. The number of nitrogens with one attached hydrogen (secondary N) is 1. The van der Waals surface area contributed by atoms with Gasteiger partial charge in [-0.2, -0.15) is 0 Å².